The molecule has 3 N–H and O–H groups in total. The highest BCUT2D eigenvalue weighted by molar-refractivity contribution is 7.11. The van der Waals surface area contributed by atoms with Crippen LogP contribution in [0, 0.1) is 12.8 Å². The van der Waals surface area contributed by atoms with Crippen molar-refractivity contribution in [2.45, 2.75) is 32.9 Å². The fourth-order valence-corrected chi connectivity index (χ4v) is 3.89. The summed E-state index contributed by atoms with van der Waals surface area (Å²) in [5.41, 5.74) is 5.92. The molecule has 2 aromatic heterocycles. The predicted molar refractivity (Wildman–Crippen MR) is 93.6 cm³/mol. The Morgan fingerprint density at radius 2 is 2.21 bits per heavy atom. The lowest BCUT2D eigenvalue weighted by Crippen LogP contribution is -2.49. The number of likely N-dealkylation sites (tertiary alicyclic amines) is 1. The van der Waals surface area contributed by atoms with Gasteiger partial charge in [-0.3, -0.25) is 9.69 Å². The monoisotopic (exact) mass is 346 g/mol. The zero-order chi connectivity index (χ0) is 17.1. The molecule has 1 saturated heterocycles. The van der Waals surface area contributed by atoms with Crippen molar-refractivity contribution in [1.82, 2.24) is 25.2 Å². The first-order valence-corrected chi connectivity index (χ1v) is 8.85. The van der Waals surface area contributed by atoms with Crippen molar-refractivity contribution in [2.75, 3.05) is 18.8 Å². The third kappa shape index (κ3) is 3.88. The highest BCUT2D eigenvalue weighted by Crippen LogP contribution is 2.21. The van der Waals surface area contributed by atoms with Crippen LogP contribution in [0.1, 0.15) is 33.7 Å². The average molecular weight is 346 g/mol. The fraction of sp³-hybridized carbons (Fsp3) is 0.500. The van der Waals surface area contributed by atoms with Crippen LogP contribution >= 0.6 is 11.3 Å². The van der Waals surface area contributed by atoms with Crippen molar-refractivity contribution in [2.24, 2.45) is 5.92 Å². The van der Waals surface area contributed by atoms with Gasteiger partial charge in [0.25, 0.3) is 5.91 Å². The normalized spacial score (nSPS) is 21.6. The molecule has 1 aliphatic heterocycles. The number of hydrogen-bond acceptors (Lipinski definition) is 7. The van der Waals surface area contributed by atoms with Gasteiger partial charge in [-0.1, -0.05) is 6.92 Å². The summed E-state index contributed by atoms with van der Waals surface area (Å²) in [6.45, 7) is 7.00. The van der Waals surface area contributed by atoms with Crippen molar-refractivity contribution >= 4 is 23.1 Å². The molecule has 2 atom stereocenters. The molecule has 0 unspecified atom stereocenters. The molecular formula is C16H22N6OS. The summed E-state index contributed by atoms with van der Waals surface area (Å²) in [5, 5.41) is 4.16. The summed E-state index contributed by atoms with van der Waals surface area (Å²) in [4.78, 5) is 28.3. The van der Waals surface area contributed by atoms with Crippen LogP contribution in [0.25, 0.3) is 0 Å². The van der Waals surface area contributed by atoms with Crippen molar-refractivity contribution in [3.05, 3.63) is 34.2 Å². The number of nitrogens with one attached hydrogen (secondary N) is 1. The first-order chi connectivity index (χ1) is 11.5. The summed E-state index contributed by atoms with van der Waals surface area (Å²) < 4.78 is 0. The number of carbonyl (C=O) groups is 1. The Balaban J connectivity index is 1.56. The van der Waals surface area contributed by atoms with Gasteiger partial charge < -0.3 is 11.1 Å². The largest absolute Gasteiger partial charge is 0.382 e. The summed E-state index contributed by atoms with van der Waals surface area (Å²) in [7, 11) is 0. The molecule has 3 heterocycles. The minimum Gasteiger partial charge on any atom is -0.382 e. The van der Waals surface area contributed by atoms with Crippen molar-refractivity contribution in [1.29, 1.82) is 0 Å². The van der Waals surface area contributed by atoms with Gasteiger partial charge in [0.15, 0.2) is 11.5 Å². The topological polar surface area (TPSA) is 97.0 Å². The number of thiazole rings is 1. The van der Waals surface area contributed by atoms with E-state index in [1.807, 2.05) is 13.1 Å². The number of hydrogen-bond donors (Lipinski definition) is 2. The molecule has 1 amide bonds. The number of piperidine rings is 1. The van der Waals surface area contributed by atoms with Crippen LogP contribution in [-0.4, -0.2) is 44.9 Å². The van der Waals surface area contributed by atoms with Gasteiger partial charge in [-0.15, -0.1) is 11.3 Å². The molecule has 1 fully saturated rings. The van der Waals surface area contributed by atoms with Crippen molar-refractivity contribution in [3.63, 3.8) is 0 Å². The molecule has 0 spiro atoms. The minimum absolute atomic E-state index is 0.123. The molecule has 3 rings (SSSR count). The second-order valence-electron chi connectivity index (χ2n) is 6.22. The third-order valence-corrected chi connectivity index (χ3v) is 5.19. The Labute approximate surface area is 145 Å². The van der Waals surface area contributed by atoms with Crippen molar-refractivity contribution < 1.29 is 4.79 Å². The van der Waals surface area contributed by atoms with Gasteiger partial charge in [0, 0.05) is 49.1 Å². The smallest absolute Gasteiger partial charge is 0.273 e. The maximum Gasteiger partial charge on any atom is 0.273 e. The number of nitrogen functional groups attached to an aromatic ring is 1. The Morgan fingerprint density at radius 1 is 1.42 bits per heavy atom. The summed E-state index contributed by atoms with van der Waals surface area (Å²) in [5.74, 6) is 0.277. The first kappa shape index (κ1) is 16.8. The van der Waals surface area contributed by atoms with Gasteiger partial charge >= 0.3 is 0 Å². The predicted octanol–water partition coefficient (Wildman–Crippen LogP) is 1.46. The van der Waals surface area contributed by atoms with E-state index in [1.165, 1.54) is 17.3 Å². The Bertz CT molecular complexity index is 718. The first-order valence-electron chi connectivity index (χ1n) is 8.04. The third-order valence-electron chi connectivity index (χ3n) is 4.30. The quantitative estimate of drug-likeness (QED) is 0.870. The standard InChI is InChI=1S/C16H22N6OS/c1-10-8-22(9-12-7-20-11(2)24-12)6-3-13(10)21-16(23)14-15(17)19-5-4-18-14/h4-5,7,10,13H,3,6,8-9H2,1-2H3,(H2,17,19)(H,21,23)/t10-,13+/m1/s1. The highest BCUT2D eigenvalue weighted by atomic mass is 32.1. The molecule has 1 aliphatic rings. The SMILES string of the molecule is Cc1ncc(CN2CC[C@H](NC(=O)c3nccnc3N)[C@H](C)C2)s1. The lowest BCUT2D eigenvalue weighted by atomic mass is 9.93. The molecule has 0 aliphatic carbocycles. The zero-order valence-corrected chi connectivity index (χ0v) is 14.7. The van der Waals surface area contributed by atoms with Gasteiger partial charge in [0.2, 0.25) is 0 Å². The Kier molecular flexibility index (Phi) is 5.06. The zero-order valence-electron chi connectivity index (χ0n) is 13.9. The number of aryl methyl sites for hydroxylation is 1. The number of aromatic nitrogens is 3. The molecule has 8 heteroatoms. The second-order valence-corrected chi connectivity index (χ2v) is 7.54. The van der Waals surface area contributed by atoms with E-state index in [0.29, 0.717) is 5.92 Å². The average Bonchev–Trinajstić information content (AvgIpc) is 2.95. The van der Waals surface area contributed by atoms with E-state index >= 15 is 0 Å². The highest BCUT2D eigenvalue weighted by Gasteiger charge is 2.28. The minimum atomic E-state index is -0.246. The lowest BCUT2D eigenvalue weighted by Gasteiger charge is -2.37. The van der Waals surface area contributed by atoms with Crippen LogP contribution in [0.15, 0.2) is 18.6 Å². The van der Waals surface area contributed by atoms with E-state index in [1.54, 1.807) is 11.3 Å². The van der Waals surface area contributed by atoms with E-state index < -0.39 is 0 Å². The number of nitrogens with two attached hydrogens (primary N) is 1. The van der Waals surface area contributed by atoms with E-state index in [-0.39, 0.29) is 23.5 Å². The van der Waals surface area contributed by atoms with E-state index in [2.05, 4.69) is 32.1 Å². The molecular weight excluding hydrogens is 324 g/mol. The van der Waals surface area contributed by atoms with E-state index in [0.717, 1.165) is 31.1 Å². The van der Waals surface area contributed by atoms with E-state index in [9.17, 15) is 4.79 Å². The van der Waals surface area contributed by atoms with Crippen LogP contribution in [0.3, 0.4) is 0 Å². The van der Waals surface area contributed by atoms with Crippen LogP contribution in [-0.2, 0) is 6.54 Å². The van der Waals surface area contributed by atoms with Gasteiger partial charge in [0.1, 0.15) is 0 Å². The molecule has 0 radical (unpaired) electrons. The lowest BCUT2D eigenvalue weighted by molar-refractivity contribution is 0.0857. The summed E-state index contributed by atoms with van der Waals surface area (Å²) in [6, 6.07) is 0.123. The van der Waals surface area contributed by atoms with Crippen LogP contribution < -0.4 is 11.1 Å². The number of nitrogens with zero attached hydrogens (tertiary/aromatic N) is 4. The summed E-state index contributed by atoms with van der Waals surface area (Å²) in [6.07, 6.45) is 5.82. The van der Waals surface area contributed by atoms with E-state index in [4.69, 9.17) is 5.73 Å². The number of amides is 1. The van der Waals surface area contributed by atoms with Gasteiger partial charge in [-0.05, 0) is 19.3 Å². The Hall–Kier alpha value is -2.06. The van der Waals surface area contributed by atoms with Crippen molar-refractivity contribution in [3.8, 4) is 0 Å². The molecule has 0 aromatic carbocycles. The van der Waals surface area contributed by atoms with Gasteiger partial charge in [-0.25, -0.2) is 15.0 Å². The second kappa shape index (κ2) is 7.23. The number of rotatable bonds is 4. The maximum atomic E-state index is 12.3. The van der Waals surface area contributed by atoms with Gasteiger partial charge in [-0.2, -0.15) is 0 Å². The summed E-state index contributed by atoms with van der Waals surface area (Å²) >= 11 is 1.74. The van der Waals surface area contributed by atoms with Crippen LogP contribution in [0.5, 0.6) is 0 Å². The molecule has 2 aromatic rings. The Morgan fingerprint density at radius 3 is 2.88 bits per heavy atom. The molecule has 7 nitrogen and oxygen atoms in total. The molecule has 0 bridgehead atoms. The van der Waals surface area contributed by atoms with Gasteiger partial charge in [0.05, 0.1) is 5.01 Å². The molecule has 128 valence electrons. The molecule has 24 heavy (non-hydrogen) atoms. The maximum absolute atomic E-state index is 12.3. The number of anilines is 1. The fourth-order valence-electron chi connectivity index (χ4n) is 3.05. The van der Waals surface area contributed by atoms with Crippen LogP contribution in [0.2, 0.25) is 0 Å². The number of carbonyl (C=O) groups excluding carboxylic acids is 1. The van der Waals surface area contributed by atoms with Crippen LogP contribution in [0.4, 0.5) is 5.82 Å². The molecule has 0 saturated carbocycles.